The Bertz CT molecular complexity index is 350. The zero-order valence-electron chi connectivity index (χ0n) is 10.0. The smallest absolute Gasteiger partial charge is 0.0761 e. The van der Waals surface area contributed by atoms with Crippen molar-refractivity contribution in [2.75, 3.05) is 31.3 Å². The first-order chi connectivity index (χ1) is 8.22. The van der Waals surface area contributed by atoms with Crippen LogP contribution in [-0.4, -0.2) is 42.6 Å². The zero-order valence-corrected chi connectivity index (χ0v) is 10.0. The third-order valence-electron chi connectivity index (χ3n) is 3.15. The van der Waals surface area contributed by atoms with Gasteiger partial charge in [-0.25, -0.2) is 0 Å². The van der Waals surface area contributed by atoms with E-state index < -0.39 is 6.10 Å². The molecule has 1 aromatic rings. The van der Waals surface area contributed by atoms with Crippen LogP contribution in [0.15, 0.2) is 24.3 Å². The van der Waals surface area contributed by atoms with E-state index in [0.29, 0.717) is 13.2 Å². The molecule has 0 saturated carbocycles. The fourth-order valence-corrected chi connectivity index (χ4v) is 2.09. The third kappa shape index (κ3) is 2.77. The van der Waals surface area contributed by atoms with Crippen molar-refractivity contribution in [2.45, 2.75) is 19.1 Å². The molecule has 0 spiro atoms. The molecule has 94 valence electrons. The highest BCUT2D eigenvalue weighted by atomic mass is 16.5. The maximum Gasteiger partial charge on any atom is 0.0761 e. The van der Waals surface area contributed by atoms with Crippen molar-refractivity contribution in [3.8, 4) is 0 Å². The molecule has 0 aliphatic carbocycles. The lowest BCUT2D eigenvalue weighted by atomic mass is 10.1. The molecular weight excluding hydrogens is 218 g/mol. The summed E-state index contributed by atoms with van der Waals surface area (Å²) in [4.78, 5) is 2.15. The number of hydrogen-bond acceptors (Lipinski definition) is 4. The average Bonchev–Trinajstić information content (AvgIpc) is 2.39. The number of anilines is 1. The molecule has 1 heterocycles. The van der Waals surface area contributed by atoms with E-state index in [-0.39, 0.29) is 12.6 Å². The Balaban J connectivity index is 2.15. The van der Waals surface area contributed by atoms with Crippen molar-refractivity contribution in [1.82, 2.24) is 0 Å². The number of benzene rings is 1. The van der Waals surface area contributed by atoms with Gasteiger partial charge in [0, 0.05) is 12.2 Å². The fourth-order valence-electron chi connectivity index (χ4n) is 2.09. The molecule has 2 rings (SSSR count). The van der Waals surface area contributed by atoms with Crippen molar-refractivity contribution in [1.29, 1.82) is 0 Å². The molecule has 1 fully saturated rings. The van der Waals surface area contributed by atoms with Gasteiger partial charge in [0.2, 0.25) is 0 Å². The minimum absolute atomic E-state index is 0.0288. The minimum Gasteiger partial charge on any atom is -0.394 e. The van der Waals surface area contributed by atoms with Gasteiger partial charge >= 0.3 is 0 Å². The molecule has 2 atom stereocenters. The lowest BCUT2D eigenvalue weighted by Crippen LogP contribution is -2.47. The number of aliphatic hydroxyl groups excluding tert-OH is 2. The van der Waals surface area contributed by atoms with Gasteiger partial charge in [0.05, 0.1) is 32.0 Å². The zero-order chi connectivity index (χ0) is 12.3. The molecule has 1 aromatic carbocycles. The number of ether oxygens (including phenoxy) is 1. The predicted molar refractivity (Wildman–Crippen MR) is 66.1 cm³/mol. The summed E-state index contributed by atoms with van der Waals surface area (Å²) in [6.07, 6.45) is -0.442. The third-order valence-corrected chi connectivity index (χ3v) is 3.15. The van der Waals surface area contributed by atoms with E-state index in [1.54, 1.807) is 6.92 Å². The predicted octanol–water partition coefficient (Wildman–Crippen LogP) is 0.937. The molecular formula is C13H19NO3. The Hall–Kier alpha value is -1.10. The van der Waals surface area contributed by atoms with Crippen LogP contribution in [0.3, 0.4) is 0 Å². The van der Waals surface area contributed by atoms with Gasteiger partial charge in [-0.1, -0.05) is 12.1 Å². The SMILES string of the molecule is C[C@H](O)c1ccc(N2CCOCC2CO)cc1. The monoisotopic (exact) mass is 237 g/mol. The first-order valence-corrected chi connectivity index (χ1v) is 5.95. The second kappa shape index (κ2) is 5.49. The number of nitrogens with zero attached hydrogens (tertiary/aromatic N) is 1. The Morgan fingerprint density at radius 3 is 2.71 bits per heavy atom. The van der Waals surface area contributed by atoms with Gasteiger partial charge in [-0.05, 0) is 24.6 Å². The molecule has 1 saturated heterocycles. The standard InChI is InChI=1S/C13H19NO3/c1-10(16)11-2-4-12(5-3-11)14-6-7-17-9-13(14)8-15/h2-5,10,13,15-16H,6-9H2,1H3/t10-,13?/m0/s1. The molecule has 4 nitrogen and oxygen atoms in total. The molecule has 1 aliphatic rings. The number of aliphatic hydroxyl groups is 2. The fraction of sp³-hybridized carbons (Fsp3) is 0.538. The lowest BCUT2D eigenvalue weighted by Gasteiger charge is -2.36. The van der Waals surface area contributed by atoms with E-state index >= 15 is 0 Å². The van der Waals surface area contributed by atoms with Gasteiger partial charge in [-0.2, -0.15) is 0 Å². The quantitative estimate of drug-likeness (QED) is 0.821. The summed E-state index contributed by atoms with van der Waals surface area (Å²) in [5.74, 6) is 0. The van der Waals surface area contributed by atoms with Crippen LogP contribution in [0.1, 0.15) is 18.6 Å². The lowest BCUT2D eigenvalue weighted by molar-refractivity contribution is 0.0727. The van der Waals surface area contributed by atoms with Crippen LogP contribution in [0, 0.1) is 0 Å². The Morgan fingerprint density at radius 2 is 2.12 bits per heavy atom. The van der Waals surface area contributed by atoms with Crippen LogP contribution in [0.2, 0.25) is 0 Å². The van der Waals surface area contributed by atoms with Crippen molar-refractivity contribution in [3.05, 3.63) is 29.8 Å². The maximum atomic E-state index is 9.45. The molecule has 0 radical (unpaired) electrons. The molecule has 1 unspecified atom stereocenters. The highest BCUT2D eigenvalue weighted by Crippen LogP contribution is 2.22. The van der Waals surface area contributed by atoms with Crippen molar-refractivity contribution in [3.63, 3.8) is 0 Å². The van der Waals surface area contributed by atoms with E-state index in [0.717, 1.165) is 17.8 Å². The Labute approximate surface area is 101 Å². The summed E-state index contributed by atoms with van der Waals surface area (Å²) in [7, 11) is 0. The second-order valence-electron chi connectivity index (χ2n) is 4.37. The van der Waals surface area contributed by atoms with Gasteiger partial charge in [-0.3, -0.25) is 0 Å². The van der Waals surface area contributed by atoms with Crippen molar-refractivity contribution in [2.24, 2.45) is 0 Å². The molecule has 0 bridgehead atoms. The highest BCUT2D eigenvalue weighted by molar-refractivity contribution is 5.49. The summed E-state index contributed by atoms with van der Waals surface area (Å²) in [6, 6.07) is 7.83. The molecule has 17 heavy (non-hydrogen) atoms. The molecule has 0 amide bonds. The Kier molecular flexibility index (Phi) is 3.99. The van der Waals surface area contributed by atoms with Crippen molar-refractivity contribution >= 4 is 5.69 Å². The van der Waals surface area contributed by atoms with E-state index in [1.165, 1.54) is 0 Å². The number of hydrogen-bond donors (Lipinski definition) is 2. The maximum absolute atomic E-state index is 9.45. The summed E-state index contributed by atoms with van der Waals surface area (Å²) in [5.41, 5.74) is 1.97. The van der Waals surface area contributed by atoms with Gasteiger partial charge in [-0.15, -0.1) is 0 Å². The largest absolute Gasteiger partial charge is 0.394 e. The van der Waals surface area contributed by atoms with Crippen LogP contribution in [0.25, 0.3) is 0 Å². The van der Waals surface area contributed by atoms with Crippen LogP contribution in [-0.2, 0) is 4.74 Å². The summed E-state index contributed by atoms with van der Waals surface area (Å²) in [6.45, 7) is 3.89. The van der Waals surface area contributed by atoms with E-state index in [9.17, 15) is 10.2 Å². The minimum atomic E-state index is -0.442. The van der Waals surface area contributed by atoms with E-state index in [4.69, 9.17) is 4.74 Å². The molecule has 2 N–H and O–H groups in total. The van der Waals surface area contributed by atoms with Crippen LogP contribution in [0.4, 0.5) is 5.69 Å². The normalized spacial score (nSPS) is 22.5. The van der Waals surface area contributed by atoms with Crippen LogP contribution < -0.4 is 4.90 Å². The Morgan fingerprint density at radius 1 is 1.41 bits per heavy atom. The van der Waals surface area contributed by atoms with Gasteiger partial charge in [0.15, 0.2) is 0 Å². The molecule has 4 heteroatoms. The van der Waals surface area contributed by atoms with E-state index in [2.05, 4.69) is 4.90 Å². The van der Waals surface area contributed by atoms with Gasteiger partial charge in [0.1, 0.15) is 0 Å². The van der Waals surface area contributed by atoms with E-state index in [1.807, 2.05) is 24.3 Å². The first kappa shape index (κ1) is 12.4. The van der Waals surface area contributed by atoms with Crippen LogP contribution in [0.5, 0.6) is 0 Å². The number of rotatable bonds is 3. The first-order valence-electron chi connectivity index (χ1n) is 5.95. The summed E-state index contributed by atoms with van der Waals surface area (Å²) >= 11 is 0. The molecule has 1 aliphatic heterocycles. The van der Waals surface area contributed by atoms with Gasteiger partial charge < -0.3 is 19.8 Å². The number of morpholine rings is 1. The van der Waals surface area contributed by atoms with Crippen molar-refractivity contribution < 1.29 is 14.9 Å². The second-order valence-corrected chi connectivity index (χ2v) is 4.37. The molecule has 0 aromatic heterocycles. The summed E-state index contributed by atoms with van der Waals surface area (Å²) < 4.78 is 5.34. The topological polar surface area (TPSA) is 52.9 Å². The van der Waals surface area contributed by atoms with Gasteiger partial charge in [0.25, 0.3) is 0 Å². The average molecular weight is 237 g/mol. The summed E-state index contributed by atoms with van der Waals surface area (Å²) in [5, 5.41) is 18.8. The van der Waals surface area contributed by atoms with Crippen LogP contribution >= 0.6 is 0 Å². The highest BCUT2D eigenvalue weighted by Gasteiger charge is 2.22.